The third kappa shape index (κ3) is 13.6. The van der Waals surface area contributed by atoms with Crippen molar-refractivity contribution in [2.45, 2.75) is 101 Å². The van der Waals surface area contributed by atoms with Crippen LogP contribution in [0, 0.1) is 0 Å². The van der Waals surface area contributed by atoms with Gasteiger partial charge in [-0.3, -0.25) is 9.69 Å². The van der Waals surface area contributed by atoms with Crippen LogP contribution in [0.15, 0.2) is 83.5 Å². The van der Waals surface area contributed by atoms with Gasteiger partial charge in [0.25, 0.3) is 0 Å². The SMILES string of the molecule is CCOC(=O)c1cnc(N2CCN(CCCCCCCCC(=O)Nc3cccc(Sc4cnc(N5C=CC(C)(NC(=O)OC(C)(C)C)C=C5)cn4)c3)CC2)nc1. The number of esters is 1. The molecule has 14 nitrogen and oxygen atoms in total. The predicted molar refractivity (Wildman–Crippen MR) is 219 cm³/mol. The minimum Gasteiger partial charge on any atom is -0.462 e. The Morgan fingerprint density at radius 1 is 0.875 bits per heavy atom. The second kappa shape index (κ2) is 20.2. The first-order valence-electron chi connectivity index (χ1n) is 19.4. The lowest BCUT2D eigenvalue weighted by molar-refractivity contribution is -0.116. The highest BCUT2D eigenvalue weighted by atomic mass is 32.2. The average Bonchev–Trinajstić information content (AvgIpc) is 3.16. The molecular weight excluding hydrogens is 731 g/mol. The van der Waals surface area contributed by atoms with Crippen molar-refractivity contribution >= 4 is 47.2 Å². The van der Waals surface area contributed by atoms with Crippen molar-refractivity contribution in [3.63, 3.8) is 0 Å². The van der Waals surface area contributed by atoms with Gasteiger partial charge in [-0.15, -0.1) is 0 Å². The van der Waals surface area contributed by atoms with Gasteiger partial charge in [-0.1, -0.05) is 43.5 Å². The summed E-state index contributed by atoms with van der Waals surface area (Å²) in [5.74, 6) is 0.922. The maximum Gasteiger partial charge on any atom is 0.408 e. The Morgan fingerprint density at radius 3 is 2.23 bits per heavy atom. The van der Waals surface area contributed by atoms with Gasteiger partial charge in [0.05, 0.1) is 30.1 Å². The van der Waals surface area contributed by atoms with E-state index in [1.165, 1.54) is 43.4 Å². The summed E-state index contributed by atoms with van der Waals surface area (Å²) in [6.45, 7) is 14.2. The molecule has 2 aliphatic rings. The highest BCUT2D eigenvalue weighted by Gasteiger charge is 2.27. The first-order chi connectivity index (χ1) is 26.9. The zero-order valence-electron chi connectivity index (χ0n) is 33.2. The largest absolute Gasteiger partial charge is 0.462 e. The number of ether oxygens (including phenoxy) is 2. The molecule has 4 heterocycles. The molecule has 0 unspecified atom stereocenters. The van der Waals surface area contributed by atoms with Crippen molar-refractivity contribution in [3.8, 4) is 0 Å². The molecule has 5 rings (SSSR count). The lowest BCUT2D eigenvalue weighted by Crippen LogP contribution is -2.47. The summed E-state index contributed by atoms with van der Waals surface area (Å²) in [7, 11) is 0. The number of hydrogen-bond donors (Lipinski definition) is 2. The number of unbranched alkanes of at least 4 members (excludes halogenated alkanes) is 5. The number of carbonyl (C=O) groups excluding carboxylic acids is 3. The number of amides is 2. The summed E-state index contributed by atoms with van der Waals surface area (Å²) in [4.78, 5) is 62.1. The Kier molecular flexibility index (Phi) is 15.2. The summed E-state index contributed by atoms with van der Waals surface area (Å²) in [5, 5.41) is 6.65. The Bertz CT molecular complexity index is 1790. The first-order valence-corrected chi connectivity index (χ1v) is 20.2. The molecule has 2 aromatic heterocycles. The van der Waals surface area contributed by atoms with Crippen molar-refractivity contribution in [2.24, 2.45) is 0 Å². The lowest BCUT2D eigenvalue weighted by atomic mass is 10.0. The molecule has 1 aromatic carbocycles. The first kappa shape index (κ1) is 42.1. The molecule has 1 fully saturated rings. The minimum absolute atomic E-state index is 0.0239. The minimum atomic E-state index is -0.689. The van der Waals surface area contributed by atoms with Crippen LogP contribution >= 0.6 is 11.8 Å². The van der Waals surface area contributed by atoms with E-state index in [1.807, 2.05) is 81.4 Å². The van der Waals surface area contributed by atoms with E-state index in [9.17, 15) is 14.4 Å². The maximum atomic E-state index is 12.7. The lowest BCUT2D eigenvalue weighted by Gasteiger charge is -2.34. The fourth-order valence-corrected chi connectivity index (χ4v) is 6.90. The standard InChI is InChI=1S/C41H55N9O5S/c1-6-54-37(52)31-27-44-38(45-28-31)50-24-22-48(23-25-50)19-12-10-8-7-9-11-16-35(51)46-32-14-13-15-33(26-32)56-36-30-42-34(29-43-36)49-20-17-41(5,18-21-49)47-39(53)55-40(2,3)4/h13-15,17-18,20-21,26-30H,6-12,16,19,22-25H2,1-5H3,(H,46,51)(H,47,53). The molecule has 15 heteroatoms. The molecule has 2 amide bonds. The van der Waals surface area contributed by atoms with Crippen LogP contribution in [-0.2, 0) is 14.3 Å². The molecule has 0 atom stereocenters. The van der Waals surface area contributed by atoms with Gasteiger partial charge in [-0.05, 0) is 84.4 Å². The van der Waals surface area contributed by atoms with E-state index in [-0.39, 0.29) is 5.91 Å². The smallest absolute Gasteiger partial charge is 0.408 e. The summed E-state index contributed by atoms with van der Waals surface area (Å²) in [6, 6.07) is 7.75. The molecule has 0 spiro atoms. The third-order valence-electron chi connectivity index (χ3n) is 9.08. The number of piperazine rings is 1. The number of anilines is 3. The van der Waals surface area contributed by atoms with Crippen LogP contribution in [0.4, 0.5) is 22.2 Å². The summed E-state index contributed by atoms with van der Waals surface area (Å²) < 4.78 is 10.4. The normalized spacial score (nSPS) is 15.4. The molecule has 2 aliphatic heterocycles. The van der Waals surface area contributed by atoms with Gasteiger partial charge in [0.15, 0.2) is 5.82 Å². The molecule has 300 valence electrons. The molecule has 0 bridgehead atoms. The van der Waals surface area contributed by atoms with Gasteiger partial charge in [0.2, 0.25) is 11.9 Å². The highest BCUT2D eigenvalue weighted by molar-refractivity contribution is 7.99. The van der Waals surface area contributed by atoms with E-state index in [0.717, 1.165) is 67.6 Å². The Labute approximate surface area is 334 Å². The number of benzene rings is 1. The summed E-state index contributed by atoms with van der Waals surface area (Å²) >= 11 is 1.47. The number of hydrogen-bond acceptors (Lipinski definition) is 13. The molecule has 2 N–H and O–H groups in total. The Morgan fingerprint density at radius 2 is 1.57 bits per heavy atom. The van der Waals surface area contributed by atoms with E-state index in [2.05, 4.69) is 40.4 Å². The number of nitrogens with zero attached hydrogens (tertiary/aromatic N) is 7. The molecule has 0 radical (unpaired) electrons. The number of nitrogens with one attached hydrogen (secondary N) is 2. The van der Waals surface area contributed by atoms with Gasteiger partial charge < -0.3 is 29.9 Å². The van der Waals surface area contributed by atoms with Crippen molar-refractivity contribution in [3.05, 3.63) is 79.2 Å². The second-order valence-corrected chi connectivity index (χ2v) is 16.1. The van der Waals surface area contributed by atoms with Crippen LogP contribution in [-0.4, -0.2) is 93.3 Å². The second-order valence-electron chi connectivity index (χ2n) is 15.0. The van der Waals surface area contributed by atoms with Crippen LogP contribution in [0.3, 0.4) is 0 Å². The topological polar surface area (TPSA) is 155 Å². The molecule has 56 heavy (non-hydrogen) atoms. The van der Waals surface area contributed by atoms with E-state index in [0.29, 0.717) is 30.4 Å². The van der Waals surface area contributed by atoms with E-state index >= 15 is 0 Å². The van der Waals surface area contributed by atoms with Gasteiger partial charge in [-0.25, -0.2) is 29.5 Å². The van der Waals surface area contributed by atoms with Crippen molar-refractivity contribution in [2.75, 3.05) is 54.4 Å². The molecular formula is C41H55N9O5S. The Hall–Kier alpha value is -5.02. The predicted octanol–water partition coefficient (Wildman–Crippen LogP) is 7.22. The van der Waals surface area contributed by atoms with Crippen molar-refractivity contribution in [1.29, 1.82) is 0 Å². The van der Waals surface area contributed by atoms with Gasteiger partial charge in [0, 0.05) is 68.0 Å². The van der Waals surface area contributed by atoms with E-state index in [1.54, 1.807) is 19.3 Å². The van der Waals surface area contributed by atoms with Crippen LogP contribution in [0.5, 0.6) is 0 Å². The molecule has 0 saturated carbocycles. The van der Waals surface area contributed by atoms with Crippen molar-refractivity contribution < 1.29 is 23.9 Å². The number of rotatable bonds is 17. The summed E-state index contributed by atoms with van der Waals surface area (Å²) in [5.41, 5.74) is -0.133. The Balaban J connectivity index is 0.925. The van der Waals surface area contributed by atoms with Gasteiger partial charge in [-0.2, -0.15) is 0 Å². The molecule has 1 saturated heterocycles. The molecule has 0 aliphatic carbocycles. The zero-order valence-corrected chi connectivity index (χ0v) is 34.0. The fraction of sp³-hybridized carbons (Fsp3) is 0.488. The van der Waals surface area contributed by atoms with Crippen molar-refractivity contribution in [1.82, 2.24) is 30.2 Å². The van der Waals surface area contributed by atoms with Gasteiger partial charge >= 0.3 is 12.1 Å². The van der Waals surface area contributed by atoms with Crippen LogP contribution in [0.25, 0.3) is 0 Å². The van der Waals surface area contributed by atoms with Gasteiger partial charge in [0.1, 0.15) is 10.6 Å². The maximum absolute atomic E-state index is 12.7. The van der Waals surface area contributed by atoms with Crippen LogP contribution < -0.4 is 20.4 Å². The number of alkyl carbamates (subject to hydrolysis) is 1. The quantitative estimate of drug-likeness (QED) is 0.105. The molecule has 3 aromatic rings. The van der Waals surface area contributed by atoms with Crippen LogP contribution in [0.2, 0.25) is 0 Å². The average molecular weight is 786 g/mol. The summed E-state index contributed by atoms with van der Waals surface area (Å²) in [6.07, 6.45) is 20.5. The van der Waals surface area contributed by atoms with Crippen LogP contribution in [0.1, 0.15) is 89.9 Å². The monoisotopic (exact) mass is 785 g/mol. The number of carbonyl (C=O) groups is 3. The van der Waals surface area contributed by atoms with E-state index < -0.39 is 23.2 Å². The fourth-order valence-electron chi connectivity index (χ4n) is 6.12. The third-order valence-corrected chi connectivity index (χ3v) is 9.99. The highest BCUT2D eigenvalue weighted by Crippen LogP contribution is 2.29. The number of aromatic nitrogens is 4. The zero-order chi connectivity index (χ0) is 40.0. The van der Waals surface area contributed by atoms with E-state index in [4.69, 9.17) is 9.47 Å².